The Morgan fingerprint density at radius 1 is 1.17 bits per heavy atom. The van der Waals surface area contributed by atoms with Gasteiger partial charge >= 0.3 is 0 Å². The van der Waals surface area contributed by atoms with Crippen molar-refractivity contribution in [2.75, 3.05) is 6.61 Å². The lowest BCUT2D eigenvalue weighted by molar-refractivity contribution is 0.0994. The maximum Gasteiger partial charge on any atom is 0.252 e. The van der Waals surface area contributed by atoms with Crippen LogP contribution in [0, 0.1) is 18.8 Å². The number of aromatic nitrogens is 2. The van der Waals surface area contributed by atoms with Gasteiger partial charge in [-0.25, -0.2) is 4.98 Å². The van der Waals surface area contributed by atoms with Crippen LogP contribution in [0.4, 0.5) is 0 Å². The molecule has 0 unspecified atom stereocenters. The molecule has 4 rings (SSSR count). The topological polar surface area (TPSA) is 101 Å². The highest BCUT2D eigenvalue weighted by Crippen LogP contribution is 2.35. The standard InChI is InChI=1S/C29H29N3O3/c1-18(2)35-28-25(22(17-33)14-21-16-32-27-7-5-4-6-24(21)27)12-20(13-26(28)29(30)34)9-11-23-10-8-19(3)15-31-23/h4-8,10,12-13,15-16,18,22,32-33H,14,17H2,1-3H3,(H2,30,34)/t22-/m0/s1. The van der Waals surface area contributed by atoms with Crippen LogP contribution in [0.2, 0.25) is 0 Å². The summed E-state index contributed by atoms with van der Waals surface area (Å²) in [6.45, 7) is 5.60. The average molecular weight is 468 g/mol. The van der Waals surface area contributed by atoms with E-state index in [0.29, 0.717) is 29.0 Å². The Kier molecular flexibility index (Phi) is 7.19. The summed E-state index contributed by atoms with van der Waals surface area (Å²) in [4.78, 5) is 20.0. The number of hydrogen-bond donors (Lipinski definition) is 3. The summed E-state index contributed by atoms with van der Waals surface area (Å²) < 4.78 is 6.08. The van der Waals surface area contributed by atoms with Gasteiger partial charge in [-0.1, -0.05) is 30.2 Å². The monoisotopic (exact) mass is 467 g/mol. The van der Waals surface area contributed by atoms with Gasteiger partial charge in [0.25, 0.3) is 5.91 Å². The van der Waals surface area contributed by atoms with E-state index in [2.05, 4.69) is 21.8 Å². The molecule has 0 aliphatic heterocycles. The van der Waals surface area contributed by atoms with Crippen LogP contribution >= 0.6 is 0 Å². The molecule has 0 saturated carbocycles. The molecule has 2 aromatic carbocycles. The van der Waals surface area contributed by atoms with Crippen molar-refractivity contribution in [1.29, 1.82) is 0 Å². The number of para-hydroxylation sites is 1. The van der Waals surface area contributed by atoms with E-state index in [1.54, 1.807) is 12.3 Å². The lowest BCUT2D eigenvalue weighted by Crippen LogP contribution is -2.19. The molecule has 4 aromatic rings. The van der Waals surface area contributed by atoms with Crippen LogP contribution in [0.5, 0.6) is 5.75 Å². The van der Waals surface area contributed by atoms with Crippen LogP contribution in [0.1, 0.15) is 58.1 Å². The van der Waals surface area contributed by atoms with Gasteiger partial charge in [-0.05, 0) is 68.5 Å². The van der Waals surface area contributed by atoms with Gasteiger partial charge in [0.2, 0.25) is 0 Å². The van der Waals surface area contributed by atoms with E-state index in [4.69, 9.17) is 10.5 Å². The van der Waals surface area contributed by atoms with Gasteiger partial charge in [0, 0.05) is 40.3 Å². The molecule has 35 heavy (non-hydrogen) atoms. The fourth-order valence-corrected chi connectivity index (χ4v) is 4.09. The minimum absolute atomic E-state index is 0.136. The molecule has 0 spiro atoms. The van der Waals surface area contributed by atoms with Crippen LogP contribution < -0.4 is 10.5 Å². The highest BCUT2D eigenvalue weighted by Gasteiger charge is 2.24. The summed E-state index contributed by atoms with van der Waals surface area (Å²) in [5, 5.41) is 11.5. The number of carbonyl (C=O) groups excluding carboxylic acids is 1. The average Bonchev–Trinajstić information content (AvgIpc) is 3.25. The molecule has 0 bridgehead atoms. The molecule has 6 heteroatoms. The molecule has 1 atom stereocenters. The minimum atomic E-state index is -0.609. The number of ether oxygens (including phenoxy) is 1. The van der Waals surface area contributed by atoms with Crippen molar-refractivity contribution < 1.29 is 14.6 Å². The number of primary amides is 1. The summed E-state index contributed by atoms with van der Waals surface area (Å²) in [7, 11) is 0. The van der Waals surface area contributed by atoms with E-state index in [9.17, 15) is 9.90 Å². The van der Waals surface area contributed by atoms with Gasteiger partial charge in [-0.15, -0.1) is 0 Å². The molecule has 1 amide bonds. The van der Waals surface area contributed by atoms with Gasteiger partial charge < -0.3 is 20.6 Å². The number of nitrogens with zero attached hydrogens (tertiary/aromatic N) is 1. The molecule has 4 N–H and O–H groups in total. The number of fused-ring (bicyclic) bond motifs is 1. The molecule has 0 radical (unpaired) electrons. The molecule has 0 saturated heterocycles. The second-order valence-corrected chi connectivity index (χ2v) is 8.89. The first-order valence-electron chi connectivity index (χ1n) is 11.6. The normalized spacial score (nSPS) is 11.8. The number of hydrogen-bond acceptors (Lipinski definition) is 4. The van der Waals surface area contributed by atoms with Crippen molar-refractivity contribution in [3.63, 3.8) is 0 Å². The Morgan fingerprint density at radius 2 is 1.97 bits per heavy atom. The lowest BCUT2D eigenvalue weighted by Gasteiger charge is -2.23. The molecule has 2 aromatic heterocycles. The van der Waals surface area contributed by atoms with E-state index in [-0.39, 0.29) is 24.2 Å². The second kappa shape index (κ2) is 10.5. The number of H-pyrrole nitrogens is 1. The maximum atomic E-state index is 12.4. The van der Waals surface area contributed by atoms with Gasteiger partial charge in [0.1, 0.15) is 11.4 Å². The lowest BCUT2D eigenvalue weighted by atomic mass is 9.88. The number of nitrogens with two attached hydrogens (primary N) is 1. The summed E-state index contributed by atoms with van der Waals surface area (Å²) >= 11 is 0. The zero-order valence-corrected chi connectivity index (χ0v) is 20.1. The minimum Gasteiger partial charge on any atom is -0.490 e. The van der Waals surface area contributed by atoms with Crippen molar-refractivity contribution in [3.8, 4) is 17.6 Å². The predicted octanol–water partition coefficient (Wildman–Crippen LogP) is 4.48. The number of aliphatic hydroxyl groups excluding tert-OH is 1. The summed E-state index contributed by atoms with van der Waals surface area (Å²) in [5.41, 5.74) is 11.1. The van der Waals surface area contributed by atoms with Crippen molar-refractivity contribution >= 4 is 16.8 Å². The Morgan fingerprint density at radius 3 is 2.66 bits per heavy atom. The highest BCUT2D eigenvalue weighted by atomic mass is 16.5. The van der Waals surface area contributed by atoms with Crippen molar-refractivity contribution in [3.05, 3.63) is 94.4 Å². The van der Waals surface area contributed by atoms with Crippen LogP contribution in [0.3, 0.4) is 0 Å². The van der Waals surface area contributed by atoms with Crippen molar-refractivity contribution in [2.45, 2.75) is 39.2 Å². The van der Waals surface area contributed by atoms with Crippen LogP contribution in [-0.2, 0) is 6.42 Å². The number of aliphatic hydroxyl groups is 1. The molecular formula is C29H29N3O3. The Hall–Kier alpha value is -4.08. The van der Waals surface area contributed by atoms with E-state index in [1.165, 1.54) is 0 Å². The first-order chi connectivity index (χ1) is 16.9. The Labute approximate surface area is 205 Å². The molecule has 0 aliphatic carbocycles. The quantitative estimate of drug-likeness (QED) is 0.349. The molecule has 2 heterocycles. The number of nitrogens with one attached hydrogen (secondary N) is 1. The fourth-order valence-electron chi connectivity index (χ4n) is 4.09. The third kappa shape index (κ3) is 5.53. The number of rotatable bonds is 7. The number of benzene rings is 2. The molecular weight excluding hydrogens is 438 g/mol. The predicted molar refractivity (Wildman–Crippen MR) is 138 cm³/mol. The van der Waals surface area contributed by atoms with Gasteiger partial charge in [0.05, 0.1) is 18.3 Å². The van der Waals surface area contributed by atoms with Gasteiger partial charge in [-0.3, -0.25) is 4.79 Å². The first kappa shape index (κ1) is 24.1. The number of pyridine rings is 1. The molecule has 0 aliphatic rings. The number of aryl methyl sites for hydroxylation is 1. The zero-order chi connectivity index (χ0) is 24.9. The largest absolute Gasteiger partial charge is 0.490 e. The second-order valence-electron chi connectivity index (χ2n) is 8.89. The summed E-state index contributed by atoms with van der Waals surface area (Å²) in [6.07, 6.45) is 4.07. The zero-order valence-electron chi connectivity index (χ0n) is 20.1. The Balaban J connectivity index is 1.81. The van der Waals surface area contributed by atoms with Crippen LogP contribution in [-0.4, -0.2) is 33.7 Å². The van der Waals surface area contributed by atoms with Crippen molar-refractivity contribution in [1.82, 2.24) is 9.97 Å². The fraction of sp³-hybridized carbons (Fsp3) is 0.241. The van der Waals surface area contributed by atoms with Gasteiger partial charge in [0.15, 0.2) is 0 Å². The summed E-state index contributed by atoms with van der Waals surface area (Å²) in [5.74, 6) is 5.60. The first-order valence-corrected chi connectivity index (χ1v) is 11.6. The Bertz CT molecular complexity index is 1410. The SMILES string of the molecule is Cc1ccc(C#Cc2cc(C(N)=O)c(OC(C)C)c([C@H](CO)Cc3c[nH]c4ccccc34)c2)nc1. The molecule has 178 valence electrons. The molecule has 6 nitrogen and oxygen atoms in total. The third-order valence-electron chi connectivity index (χ3n) is 5.78. The smallest absolute Gasteiger partial charge is 0.252 e. The number of amides is 1. The number of carbonyl (C=O) groups is 1. The summed E-state index contributed by atoms with van der Waals surface area (Å²) in [6, 6.07) is 15.3. The van der Waals surface area contributed by atoms with Gasteiger partial charge in [-0.2, -0.15) is 0 Å². The van der Waals surface area contributed by atoms with E-state index >= 15 is 0 Å². The van der Waals surface area contributed by atoms with E-state index in [0.717, 1.165) is 22.0 Å². The highest BCUT2D eigenvalue weighted by molar-refractivity contribution is 5.96. The third-order valence-corrected chi connectivity index (χ3v) is 5.78. The van der Waals surface area contributed by atoms with Crippen LogP contribution in [0.25, 0.3) is 10.9 Å². The van der Waals surface area contributed by atoms with Crippen LogP contribution in [0.15, 0.2) is 60.9 Å². The number of aromatic amines is 1. The van der Waals surface area contributed by atoms with E-state index in [1.807, 2.05) is 69.4 Å². The maximum absolute atomic E-state index is 12.4. The van der Waals surface area contributed by atoms with E-state index < -0.39 is 5.91 Å². The van der Waals surface area contributed by atoms with Crippen molar-refractivity contribution in [2.24, 2.45) is 5.73 Å². The molecule has 0 fully saturated rings.